The molecule has 0 aromatic heterocycles. The molecule has 7 nitrogen and oxygen atoms in total. The highest BCUT2D eigenvalue weighted by Gasteiger charge is 2.27. The zero-order valence-electron chi connectivity index (χ0n) is 16.4. The second kappa shape index (κ2) is 11.8. The minimum atomic E-state index is 0. The number of rotatable bonds is 6. The van der Waals surface area contributed by atoms with Crippen molar-refractivity contribution >= 4 is 35.8 Å². The Labute approximate surface area is 174 Å². The Morgan fingerprint density at radius 3 is 2.62 bits per heavy atom. The van der Waals surface area contributed by atoms with Crippen LogP contribution in [0, 0.1) is 5.92 Å². The maximum absolute atomic E-state index is 11.9. The highest BCUT2D eigenvalue weighted by molar-refractivity contribution is 14.0. The largest absolute Gasteiger partial charge is 0.379 e. The van der Waals surface area contributed by atoms with Gasteiger partial charge in [0.25, 0.3) is 0 Å². The summed E-state index contributed by atoms with van der Waals surface area (Å²) in [5.74, 6) is 1.47. The molecule has 1 amide bonds. The molecule has 0 aliphatic carbocycles. The van der Waals surface area contributed by atoms with Crippen LogP contribution in [0.1, 0.15) is 13.3 Å². The summed E-state index contributed by atoms with van der Waals surface area (Å²) in [7, 11) is 3.51. The minimum absolute atomic E-state index is 0. The molecule has 1 N–H and O–H groups in total. The number of nitrogens with one attached hydrogen (secondary N) is 1. The molecule has 2 aliphatic heterocycles. The summed E-state index contributed by atoms with van der Waals surface area (Å²) in [6.45, 7) is 13.6. The van der Waals surface area contributed by atoms with E-state index < -0.39 is 0 Å². The molecule has 1 atom stereocenters. The number of likely N-dealkylation sites (tertiary alicyclic amines) is 1. The zero-order chi connectivity index (χ0) is 18.2. The van der Waals surface area contributed by atoms with Crippen LogP contribution in [0.2, 0.25) is 0 Å². The lowest BCUT2D eigenvalue weighted by atomic mass is 10.1. The van der Waals surface area contributed by atoms with Crippen LogP contribution in [0.4, 0.5) is 0 Å². The Morgan fingerprint density at radius 1 is 1.31 bits per heavy atom. The molecule has 26 heavy (non-hydrogen) atoms. The lowest BCUT2D eigenvalue weighted by molar-refractivity contribution is -0.127. The van der Waals surface area contributed by atoms with Gasteiger partial charge in [-0.15, -0.1) is 24.0 Å². The molecule has 2 heterocycles. The number of nitrogens with zero attached hydrogens (tertiary/aromatic N) is 4. The van der Waals surface area contributed by atoms with Gasteiger partial charge in [0.2, 0.25) is 5.91 Å². The van der Waals surface area contributed by atoms with E-state index in [9.17, 15) is 4.79 Å². The number of hydrogen-bond donors (Lipinski definition) is 1. The highest BCUT2D eigenvalue weighted by atomic mass is 127. The molecule has 0 radical (unpaired) electrons. The van der Waals surface area contributed by atoms with Gasteiger partial charge >= 0.3 is 0 Å². The van der Waals surface area contributed by atoms with Crippen molar-refractivity contribution in [2.45, 2.75) is 13.3 Å². The molecule has 0 spiro atoms. The molecule has 0 saturated carbocycles. The van der Waals surface area contributed by atoms with Crippen LogP contribution in [0.25, 0.3) is 0 Å². The lowest BCUT2D eigenvalue weighted by Gasteiger charge is -2.29. The Bertz CT molecular complexity index is 492. The van der Waals surface area contributed by atoms with Gasteiger partial charge < -0.3 is 19.9 Å². The van der Waals surface area contributed by atoms with E-state index in [2.05, 4.69) is 26.7 Å². The van der Waals surface area contributed by atoms with Crippen LogP contribution in [-0.2, 0) is 9.53 Å². The second-order valence-electron chi connectivity index (χ2n) is 7.25. The monoisotopic (exact) mass is 479 g/mol. The van der Waals surface area contributed by atoms with Crippen LogP contribution in [0.3, 0.4) is 0 Å². The van der Waals surface area contributed by atoms with E-state index in [-0.39, 0.29) is 36.4 Å². The topological polar surface area (TPSA) is 60.4 Å². The van der Waals surface area contributed by atoms with Crippen LogP contribution >= 0.6 is 24.0 Å². The Balaban J connectivity index is 0.00000338. The van der Waals surface area contributed by atoms with Gasteiger partial charge in [0.05, 0.1) is 13.2 Å². The average molecular weight is 479 g/mol. The highest BCUT2D eigenvalue weighted by Crippen LogP contribution is 2.18. The van der Waals surface area contributed by atoms with Crippen molar-refractivity contribution in [3.8, 4) is 0 Å². The maximum Gasteiger partial charge on any atom is 0.243 e. The predicted molar refractivity (Wildman–Crippen MR) is 116 cm³/mol. The van der Waals surface area contributed by atoms with Crippen molar-refractivity contribution in [3.63, 3.8) is 0 Å². The van der Waals surface area contributed by atoms with E-state index in [1.807, 2.05) is 6.92 Å². The van der Waals surface area contributed by atoms with Crippen molar-refractivity contribution in [1.82, 2.24) is 20.0 Å². The zero-order valence-corrected chi connectivity index (χ0v) is 18.7. The van der Waals surface area contributed by atoms with Crippen molar-refractivity contribution in [1.29, 1.82) is 0 Å². The van der Waals surface area contributed by atoms with Gasteiger partial charge in [0.1, 0.15) is 6.54 Å². The molecule has 2 fully saturated rings. The van der Waals surface area contributed by atoms with Gasteiger partial charge in [-0.05, 0) is 19.3 Å². The second-order valence-corrected chi connectivity index (χ2v) is 7.25. The number of carbonyl (C=O) groups excluding carboxylic acids is 1. The van der Waals surface area contributed by atoms with Crippen molar-refractivity contribution < 1.29 is 9.53 Å². The number of likely N-dealkylation sites (N-methyl/N-ethyl adjacent to an activating group) is 1. The first kappa shape index (κ1) is 23.2. The first-order chi connectivity index (χ1) is 12.0. The van der Waals surface area contributed by atoms with Gasteiger partial charge in [0, 0.05) is 53.4 Å². The van der Waals surface area contributed by atoms with Crippen molar-refractivity contribution in [2.75, 3.05) is 73.1 Å². The summed E-state index contributed by atoms with van der Waals surface area (Å²) in [6.07, 6.45) is 1.16. The van der Waals surface area contributed by atoms with Gasteiger partial charge in [-0.25, -0.2) is 4.99 Å². The molecule has 0 aromatic rings. The van der Waals surface area contributed by atoms with E-state index in [4.69, 9.17) is 4.74 Å². The number of aliphatic imine (C=N–C) groups is 1. The molecular formula is C18H34IN5O2. The van der Waals surface area contributed by atoms with Crippen LogP contribution < -0.4 is 5.32 Å². The molecule has 1 unspecified atom stereocenters. The first-order valence-electron chi connectivity index (χ1n) is 9.13. The predicted octanol–water partition coefficient (Wildman–Crippen LogP) is 0.868. The van der Waals surface area contributed by atoms with Crippen molar-refractivity contribution in [3.05, 3.63) is 12.2 Å². The summed E-state index contributed by atoms with van der Waals surface area (Å²) in [4.78, 5) is 22.8. The summed E-state index contributed by atoms with van der Waals surface area (Å²) >= 11 is 0. The van der Waals surface area contributed by atoms with E-state index in [1.54, 1.807) is 19.0 Å². The number of halogens is 1. The van der Waals surface area contributed by atoms with E-state index in [0.717, 1.165) is 63.9 Å². The fourth-order valence-corrected chi connectivity index (χ4v) is 3.10. The van der Waals surface area contributed by atoms with E-state index in [1.165, 1.54) is 0 Å². The minimum Gasteiger partial charge on any atom is -0.379 e. The van der Waals surface area contributed by atoms with Gasteiger partial charge in [0.15, 0.2) is 5.96 Å². The van der Waals surface area contributed by atoms with E-state index >= 15 is 0 Å². The Morgan fingerprint density at radius 2 is 2.00 bits per heavy atom. The molecule has 2 rings (SSSR count). The Kier molecular flexibility index (Phi) is 10.5. The quantitative estimate of drug-likeness (QED) is 0.265. The number of amides is 1. The van der Waals surface area contributed by atoms with E-state index in [0.29, 0.717) is 12.5 Å². The first-order valence-corrected chi connectivity index (χ1v) is 9.13. The van der Waals surface area contributed by atoms with Crippen LogP contribution in [0.15, 0.2) is 17.1 Å². The normalized spacial score (nSPS) is 21.3. The molecule has 0 bridgehead atoms. The molecule has 150 valence electrons. The van der Waals surface area contributed by atoms with Crippen LogP contribution in [0.5, 0.6) is 0 Å². The lowest BCUT2D eigenvalue weighted by Crippen LogP contribution is -2.43. The summed E-state index contributed by atoms with van der Waals surface area (Å²) in [5.41, 5.74) is 1.05. The Hall–Kier alpha value is -0.870. The number of ether oxygens (including phenoxy) is 1. The standard InChI is InChI=1S/C18H33N5O2.HI/c1-15(2)11-19-18(20-12-17(24)21(3)4)23-6-5-16(14-23)13-22-7-9-25-10-8-22;/h16H,1,5-14H2,2-4H3,(H,19,20);1H. The molecule has 8 heteroatoms. The van der Waals surface area contributed by atoms with Gasteiger partial charge in [-0.3, -0.25) is 9.69 Å². The smallest absolute Gasteiger partial charge is 0.243 e. The molecule has 2 aliphatic rings. The summed E-state index contributed by atoms with van der Waals surface area (Å²) < 4.78 is 5.43. The number of carbonyl (C=O) groups is 1. The average Bonchev–Trinajstić information content (AvgIpc) is 3.03. The third-order valence-electron chi connectivity index (χ3n) is 4.62. The molecule has 2 saturated heterocycles. The number of hydrogen-bond acceptors (Lipinski definition) is 4. The van der Waals surface area contributed by atoms with Gasteiger partial charge in [-0.2, -0.15) is 0 Å². The summed E-state index contributed by atoms with van der Waals surface area (Å²) in [6, 6.07) is 0. The molecular weight excluding hydrogens is 445 g/mol. The number of morpholine rings is 1. The number of guanidine groups is 1. The fraction of sp³-hybridized carbons (Fsp3) is 0.778. The maximum atomic E-state index is 11.9. The SMILES string of the molecule is C=C(C)CNC(=NCC(=O)N(C)C)N1CCC(CN2CCOCC2)C1.I. The van der Waals surface area contributed by atoms with Crippen molar-refractivity contribution in [2.24, 2.45) is 10.9 Å². The third kappa shape index (κ3) is 7.79. The fourth-order valence-electron chi connectivity index (χ4n) is 3.10. The summed E-state index contributed by atoms with van der Waals surface area (Å²) in [5, 5.41) is 3.35. The van der Waals surface area contributed by atoms with Crippen LogP contribution in [-0.4, -0.2) is 99.7 Å². The van der Waals surface area contributed by atoms with Gasteiger partial charge in [-0.1, -0.05) is 12.2 Å². The third-order valence-corrected chi connectivity index (χ3v) is 4.62. The molecule has 0 aromatic carbocycles.